The molecule has 1 aliphatic heterocycles. The zero-order chi connectivity index (χ0) is 19.1. The largest absolute Gasteiger partial charge is 0.461 e. The first-order valence-electron chi connectivity index (χ1n) is 9.56. The summed E-state index contributed by atoms with van der Waals surface area (Å²) in [4.78, 5) is 18.9. The number of hydrogen-bond acceptors (Lipinski definition) is 7. The standard InChI is InChI=1S/C19H28N4O4/c1-14(2)12-15(23-7-10-25-11-8-23)13-20-17(24)5-6-18-21-19(22-27-18)16-4-3-9-26-16/h3-4,9,14-15H,5-8,10-13H2,1-2H3,(H,20,24). The second kappa shape index (κ2) is 9.66. The Morgan fingerprint density at radius 1 is 1.33 bits per heavy atom. The number of nitrogens with zero attached hydrogens (tertiary/aromatic N) is 3. The Morgan fingerprint density at radius 3 is 2.85 bits per heavy atom. The second-order valence-electron chi connectivity index (χ2n) is 7.22. The molecule has 0 spiro atoms. The molecule has 0 radical (unpaired) electrons. The van der Waals surface area contributed by atoms with Crippen molar-refractivity contribution in [3.63, 3.8) is 0 Å². The molecule has 1 unspecified atom stereocenters. The Balaban J connectivity index is 1.45. The smallest absolute Gasteiger partial charge is 0.238 e. The van der Waals surface area contributed by atoms with Crippen molar-refractivity contribution in [3.8, 4) is 11.6 Å². The number of morpholine rings is 1. The van der Waals surface area contributed by atoms with Crippen LogP contribution in [0.15, 0.2) is 27.3 Å². The van der Waals surface area contributed by atoms with Gasteiger partial charge in [-0.1, -0.05) is 19.0 Å². The van der Waals surface area contributed by atoms with Crippen LogP contribution in [0.3, 0.4) is 0 Å². The fourth-order valence-corrected chi connectivity index (χ4v) is 3.25. The number of aryl methyl sites for hydroxylation is 1. The van der Waals surface area contributed by atoms with E-state index in [0.717, 1.165) is 32.7 Å². The molecule has 3 rings (SSSR count). The van der Waals surface area contributed by atoms with Gasteiger partial charge in [0.1, 0.15) is 0 Å². The van der Waals surface area contributed by atoms with Crippen LogP contribution in [-0.4, -0.2) is 59.8 Å². The number of furan rings is 1. The van der Waals surface area contributed by atoms with E-state index < -0.39 is 0 Å². The molecule has 1 atom stereocenters. The van der Waals surface area contributed by atoms with Gasteiger partial charge >= 0.3 is 0 Å². The minimum Gasteiger partial charge on any atom is -0.461 e. The summed E-state index contributed by atoms with van der Waals surface area (Å²) in [6.07, 6.45) is 3.33. The molecule has 0 aromatic carbocycles. The van der Waals surface area contributed by atoms with Gasteiger partial charge in [-0.05, 0) is 24.5 Å². The van der Waals surface area contributed by atoms with Gasteiger partial charge in [0.15, 0.2) is 5.76 Å². The SMILES string of the molecule is CC(C)CC(CNC(=O)CCc1nc(-c2ccco2)no1)N1CCOCC1. The van der Waals surface area contributed by atoms with E-state index in [2.05, 4.69) is 34.2 Å². The van der Waals surface area contributed by atoms with Crippen LogP contribution in [0.4, 0.5) is 0 Å². The Morgan fingerprint density at radius 2 is 2.15 bits per heavy atom. The Labute approximate surface area is 159 Å². The molecule has 27 heavy (non-hydrogen) atoms. The van der Waals surface area contributed by atoms with Crippen molar-refractivity contribution < 1.29 is 18.5 Å². The molecule has 2 aromatic heterocycles. The zero-order valence-electron chi connectivity index (χ0n) is 16.0. The first-order chi connectivity index (χ1) is 13.1. The third-order valence-electron chi connectivity index (χ3n) is 4.62. The van der Waals surface area contributed by atoms with Crippen LogP contribution in [0.25, 0.3) is 11.6 Å². The quantitative estimate of drug-likeness (QED) is 0.716. The van der Waals surface area contributed by atoms with Crippen LogP contribution in [0.2, 0.25) is 0 Å². The van der Waals surface area contributed by atoms with Gasteiger partial charge in [-0.25, -0.2) is 0 Å². The minimum absolute atomic E-state index is 0.00485. The van der Waals surface area contributed by atoms with Crippen LogP contribution >= 0.6 is 0 Å². The van der Waals surface area contributed by atoms with Gasteiger partial charge in [-0.2, -0.15) is 4.98 Å². The summed E-state index contributed by atoms with van der Waals surface area (Å²) in [5, 5.41) is 6.93. The highest BCUT2D eigenvalue weighted by molar-refractivity contribution is 5.76. The highest BCUT2D eigenvalue weighted by Gasteiger charge is 2.22. The molecular weight excluding hydrogens is 348 g/mol. The van der Waals surface area contributed by atoms with E-state index in [1.165, 1.54) is 0 Å². The van der Waals surface area contributed by atoms with Crippen LogP contribution in [0.1, 0.15) is 32.6 Å². The fourth-order valence-electron chi connectivity index (χ4n) is 3.25. The van der Waals surface area contributed by atoms with Gasteiger partial charge in [0, 0.05) is 38.5 Å². The van der Waals surface area contributed by atoms with E-state index in [-0.39, 0.29) is 5.91 Å². The normalized spacial score (nSPS) is 16.6. The van der Waals surface area contributed by atoms with Crippen molar-refractivity contribution in [2.45, 2.75) is 39.2 Å². The summed E-state index contributed by atoms with van der Waals surface area (Å²) in [6.45, 7) is 8.44. The predicted octanol–water partition coefficient (Wildman–Crippen LogP) is 2.13. The molecule has 148 valence electrons. The summed E-state index contributed by atoms with van der Waals surface area (Å²) >= 11 is 0. The summed E-state index contributed by atoms with van der Waals surface area (Å²) in [5.74, 6) is 1.96. The molecule has 2 aromatic rings. The number of amides is 1. The Hall–Kier alpha value is -2.19. The molecule has 3 heterocycles. The van der Waals surface area contributed by atoms with E-state index in [0.29, 0.717) is 48.8 Å². The Bertz CT molecular complexity index is 692. The third-order valence-corrected chi connectivity index (χ3v) is 4.62. The molecule has 0 saturated carbocycles. The first-order valence-corrected chi connectivity index (χ1v) is 9.56. The van der Waals surface area contributed by atoms with Gasteiger partial charge in [0.2, 0.25) is 17.6 Å². The Kier molecular flexibility index (Phi) is 7.00. The average molecular weight is 376 g/mol. The van der Waals surface area contributed by atoms with E-state index in [1.54, 1.807) is 18.4 Å². The monoisotopic (exact) mass is 376 g/mol. The van der Waals surface area contributed by atoms with Crippen molar-refractivity contribution in [2.75, 3.05) is 32.8 Å². The van der Waals surface area contributed by atoms with Crippen LogP contribution < -0.4 is 5.32 Å². The molecule has 8 nitrogen and oxygen atoms in total. The highest BCUT2D eigenvalue weighted by atomic mass is 16.5. The maximum Gasteiger partial charge on any atom is 0.238 e. The summed E-state index contributed by atoms with van der Waals surface area (Å²) in [6, 6.07) is 3.87. The van der Waals surface area contributed by atoms with Crippen molar-refractivity contribution in [1.82, 2.24) is 20.4 Å². The average Bonchev–Trinajstić information content (AvgIpc) is 3.35. The van der Waals surface area contributed by atoms with Crippen LogP contribution in [-0.2, 0) is 16.0 Å². The molecule has 1 N–H and O–H groups in total. The maximum absolute atomic E-state index is 12.3. The molecule has 1 amide bonds. The van der Waals surface area contributed by atoms with E-state index >= 15 is 0 Å². The summed E-state index contributed by atoms with van der Waals surface area (Å²) < 4.78 is 15.9. The lowest BCUT2D eigenvalue weighted by Crippen LogP contribution is -2.49. The predicted molar refractivity (Wildman–Crippen MR) is 99.0 cm³/mol. The van der Waals surface area contributed by atoms with Crippen molar-refractivity contribution in [1.29, 1.82) is 0 Å². The number of rotatable bonds is 9. The number of aromatic nitrogens is 2. The van der Waals surface area contributed by atoms with Crippen LogP contribution in [0.5, 0.6) is 0 Å². The molecular formula is C19H28N4O4. The lowest BCUT2D eigenvalue weighted by atomic mass is 10.0. The fraction of sp³-hybridized carbons (Fsp3) is 0.632. The van der Waals surface area contributed by atoms with E-state index in [9.17, 15) is 4.79 Å². The number of ether oxygens (including phenoxy) is 1. The molecule has 1 saturated heterocycles. The van der Waals surface area contributed by atoms with Gasteiger partial charge < -0.3 is 19.0 Å². The first kappa shape index (κ1) is 19.6. The van der Waals surface area contributed by atoms with Gasteiger partial charge in [0.25, 0.3) is 0 Å². The van der Waals surface area contributed by atoms with Gasteiger partial charge in [-0.15, -0.1) is 0 Å². The lowest BCUT2D eigenvalue weighted by molar-refractivity contribution is -0.121. The van der Waals surface area contributed by atoms with Crippen molar-refractivity contribution >= 4 is 5.91 Å². The topological polar surface area (TPSA) is 93.6 Å². The lowest BCUT2D eigenvalue weighted by Gasteiger charge is -2.35. The number of carbonyl (C=O) groups excluding carboxylic acids is 1. The van der Waals surface area contributed by atoms with Crippen LogP contribution in [0, 0.1) is 5.92 Å². The minimum atomic E-state index is -0.00485. The maximum atomic E-state index is 12.3. The molecule has 8 heteroatoms. The van der Waals surface area contributed by atoms with Gasteiger partial charge in [0.05, 0.1) is 19.5 Å². The summed E-state index contributed by atoms with van der Waals surface area (Å²) in [5.41, 5.74) is 0. The molecule has 1 fully saturated rings. The molecule has 1 aliphatic rings. The second-order valence-corrected chi connectivity index (χ2v) is 7.22. The zero-order valence-corrected chi connectivity index (χ0v) is 16.0. The number of carbonyl (C=O) groups is 1. The number of nitrogens with one attached hydrogen (secondary N) is 1. The molecule has 0 bridgehead atoms. The molecule has 0 aliphatic carbocycles. The van der Waals surface area contributed by atoms with Crippen molar-refractivity contribution in [2.24, 2.45) is 5.92 Å². The van der Waals surface area contributed by atoms with Crippen molar-refractivity contribution in [3.05, 3.63) is 24.3 Å². The third kappa shape index (κ3) is 5.90. The van der Waals surface area contributed by atoms with E-state index in [1.807, 2.05) is 0 Å². The van der Waals surface area contributed by atoms with Gasteiger partial charge in [-0.3, -0.25) is 9.69 Å². The number of hydrogen-bond donors (Lipinski definition) is 1. The highest BCUT2D eigenvalue weighted by Crippen LogP contribution is 2.16. The van der Waals surface area contributed by atoms with E-state index in [4.69, 9.17) is 13.7 Å². The summed E-state index contributed by atoms with van der Waals surface area (Å²) in [7, 11) is 0.